The van der Waals surface area contributed by atoms with Crippen molar-refractivity contribution >= 4 is 20.0 Å². The summed E-state index contributed by atoms with van der Waals surface area (Å²) in [5.74, 6) is 0.342. The zero-order valence-electron chi connectivity index (χ0n) is 15.8. The van der Waals surface area contributed by atoms with Crippen molar-refractivity contribution in [3.63, 3.8) is 0 Å². The van der Waals surface area contributed by atoms with Gasteiger partial charge >= 0.3 is 5.51 Å². The summed E-state index contributed by atoms with van der Waals surface area (Å²) in [4.78, 5) is -0.611. The summed E-state index contributed by atoms with van der Waals surface area (Å²) in [6.45, 7) is 4.07. The topological polar surface area (TPSA) is 82.4 Å². The van der Waals surface area contributed by atoms with Crippen molar-refractivity contribution in [1.29, 1.82) is 0 Å². The fraction of sp³-hybridized carbons (Fsp3) is 0.368. The van der Waals surface area contributed by atoms with Crippen LogP contribution in [0.4, 0.5) is 13.2 Å². The second-order valence-electron chi connectivity index (χ2n) is 6.69. The Balaban J connectivity index is 2.19. The molecule has 0 fully saturated rings. The molecule has 160 valence electrons. The minimum atomic E-state index is -6.14. The zero-order chi connectivity index (χ0) is 21.9. The number of sulfonamides is 2. The van der Waals surface area contributed by atoms with Gasteiger partial charge in [0.15, 0.2) is 10.0 Å². The molecule has 2 atom stereocenters. The number of halogens is 3. The van der Waals surface area contributed by atoms with Gasteiger partial charge in [-0.05, 0) is 47.9 Å². The third kappa shape index (κ3) is 5.80. The highest BCUT2D eigenvalue weighted by Gasteiger charge is 2.40. The first-order valence-electron chi connectivity index (χ1n) is 8.83. The average molecular weight is 449 g/mol. The fourth-order valence-corrected chi connectivity index (χ4v) is 5.21. The highest BCUT2D eigenvalue weighted by molar-refractivity contribution is 8.12. The van der Waals surface area contributed by atoms with E-state index in [1.165, 1.54) is 17.7 Å². The Hall–Kier alpha value is -1.91. The Morgan fingerprint density at radius 1 is 0.897 bits per heavy atom. The minimum absolute atomic E-state index is 0.0952. The van der Waals surface area contributed by atoms with Crippen molar-refractivity contribution in [3.8, 4) is 0 Å². The molecule has 0 amide bonds. The molecule has 0 heterocycles. The molecular formula is C19H21F3NO4S2-. The molecule has 0 saturated heterocycles. The second kappa shape index (κ2) is 8.85. The fourth-order valence-electron chi connectivity index (χ4n) is 3.01. The van der Waals surface area contributed by atoms with Gasteiger partial charge in [0, 0.05) is 4.90 Å². The largest absolute Gasteiger partial charge is 0.480 e. The molecule has 0 spiro atoms. The molecule has 2 aromatic carbocycles. The number of nitrogens with zero attached hydrogens (tertiary/aromatic N) is 1. The van der Waals surface area contributed by atoms with Gasteiger partial charge < -0.3 is 4.13 Å². The van der Waals surface area contributed by atoms with Crippen LogP contribution in [0.25, 0.3) is 4.13 Å². The first kappa shape index (κ1) is 23.4. The van der Waals surface area contributed by atoms with Gasteiger partial charge in [0.2, 0.25) is 0 Å². The van der Waals surface area contributed by atoms with Crippen LogP contribution in [0.15, 0.2) is 59.5 Å². The van der Waals surface area contributed by atoms with Crippen molar-refractivity contribution in [1.82, 2.24) is 0 Å². The molecule has 0 aliphatic rings. The van der Waals surface area contributed by atoms with Crippen LogP contribution in [0, 0.1) is 0 Å². The Kier molecular flexibility index (Phi) is 7.13. The summed E-state index contributed by atoms with van der Waals surface area (Å²) in [6, 6.07) is 15.0. The van der Waals surface area contributed by atoms with E-state index < -0.39 is 30.5 Å². The van der Waals surface area contributed by atoms with Crippen LogP contribution in [0.2, 0.25) is 0 Å². The second-order valence-corrected chi connectivity index (χ2v) is 10.1. The van der Waals surface area contributed by atoms with Crippen LogP contribution >= 0.6 is 0 Å². The van der Waals surface area contributed by atoms with E-state index in [9.17, 15) is 30.0 Å². The Labute approximate surface area is 169 Å². The monoisotopic (exact) mass is 448 g/mol. The Morgan fingerprint density at radius 3 is 1.93 bits per heavy atom. The first-order chi connectivity index (χ1) is 13.4. The van der Waals surface area contributed by atoms with Gasteiger partial charge in [-0.2, -0.15) is 13.2 Å². The molecule has 0 saturated carbocycles. The average Bonchev–Trinajstić information content (AvgIpc) is 2.65. The zero-order valence-corrected chi connectivity index (χ0v) is 17.4. The van der Waals surface area contributed by atoms with Gasteiger partial charge in [-0.15, -0.1) is 0 Å². The predicted octanol–water partition coefficient (Wildman–Crippen LogP) is 5.29. The molecule has 2 aromatic rings. The minimum Gasteiger partial charge on any atom is -0.424 e. The lowest BCUT2D eigenvalue weighted by Gasteiger charge is -2.23. The van der Waals surface area contributed by atoms with E-state index in [1.807, 2.05) is 37.3 Å². The summed E-state index contributed by atoms with van der Waals surface area (Å²) >= 11 is 0. The van der Waals surface area contributed by atoms with Crippen molar-refractivity contribution in [2.24, 2.45) is 0 Å². The van der Waals surface area contributed by atoms with Crippen molar-refractivity contribution in [3.05, 3.63) is 69.9 Å². The van der Waals surface area contributed by atoms with Gasteiger partial charge in [0.1, 0.15) is 10.0 Å². The number of benzene rings is 2. The van der Waals surface area contributed by atoms with Crippen molar-refractivity contribution in [2.75, 3.05) is 0 Å². The van der Waals surface area contributed by atoms with Crippen molar-refractivity contribution < 1.29 is 30.0 Å². The molecule has 0 aromatic heterocycles. The molecule has 0 aliphatic carbocycles. The smallest absolute Gasteiger partial charge is 0.424 e. The lowest BCUT2D eigenvalue weighted by molar-refractivity contribution is -0.0425. The Bertz CT molecular complexity index is 1020. The summed E-state index contributed by atoms with van der Waals surface area (Å²) in [5, 5.41) is 0. The predicted molar refractivity (Wildman–Crippen MR) is 104 cm³/mol. The number of hydrogen-bond acceptors (Lipinski definition) is 4. The van der Waals surface area contributed by atoms with Crippen LogP contribution in [-0.4, -0.2) is 22.3 Å². The quantitative estimate of drug-likeness (QED) is 0.550. The van der Waals surface area contributed by atoms with E-state index in [1.54, 1.807) is 0 Å². The third-order valence-electron chi connectivity index (χ3n) is 4.64. The molecule has 0 N–H and O–H groups in total. The maximum absolute atomic E-state index is 12.4. The summed E-state index contributed by atoms with van der Waals surface area (Å²) < 4.78 is 85.3. The summed E-state index contributed by atoms with van der Waals surface area (Å²) in [7, 11) is -11.1. The molecule has 29 heavy (non-hydrogen) atoms. The molecule has 5 nitrogen and oxygen atoms in total. The van der Waals surface area contributed by atoms with Crippen LogP contribution in [0.1, 0.15) is 49.7 Å². The molecule has 2 rings (SSSR count). The lowest BCUT2D eigenvalue weighted by Crippen LogP contribution is -2.24. The van der Waals surface area contributed by atoms with E-state index in [-0.39, 0.29) is 11.8 Å². The van der Waals surface area contributed by atoms with Crippen LogP contribution in [0.5, 0.6) is 0 Å². The van der Waals surface area contributed by atoms with Gasteiger partial charge in [-0.3, -0.25) is 0 Å². The molecule has 2 unspecified atom stereocenters. The van der Waals surface area contributed by atoms with E-state index in [0.29, 0.717) is 0 Å². The molecule has 0 bridgehead atoms. The highest BCUT2D eigenvalue weighted by atomic mass is 32.3. The normalized spacial score (nSPS) is 15.1. The summed E-state index contributed by atoms with van der Waals surface area (Å²) in [6.07, 6.45) is 1.57. The van der Waals surface area contributed by atoms with Gasteiger partial charge in [0.05, 0.1) is 0 Å². The maximum Gasteiger partial charge on any atom is 0.480 e. The Morgan fingerprint density at radius 2 is 1.45 bits per heavy atom. The number of rotatable bonds is 8. The molecule has 0 aliphatic heterocycles. The highest BCUT2D eigenvalue weighted by Crippen LogP contribution is 2.35. The van der Waals surface area contributed by atoms with Crippen molar-refractivity contribution in [2.45, 2.75) is 48.9 Å². The SMILES string of the molecule is CCC(CC(C)c1ccccc1)c1ccc(S(=O)(=O)[N-]S(=O)(=O)C(F)(F)F)cc1. The maximum atomic E-state index is 12.4. The van der Waals surface area contributed by atoms with E-state index >= 15 is 0 Å². The molecular weight excluding hydrogens is 427 g/mol. The van der Waals surface area contributed by atoms with Crippen LogP contribution < -0.4 is 0 Å². The summed E-state index contributed by atoms with van der Waals surface area (Å²) in [5.41, 5.74) is -3.80. The van der Waals surface area contributed by atoms with E-state index in [2.05, 4.69) is 11.1 Å². The first-order valence-corrected chi connectivity index (χ1v) is 11.7. The standard InChI is InChI=1S/C19H21F3NO4S2/c1-3-15(13-14(2)16-7-5-4-6-8-16)17-9-11-18(12-10-17)28(24,25)23-29(26,27)19(20,21)22/h4-12,14-15H,3,13H2,1-2H3/q-1. The van der Waals surface area contributed by atoms with Crippen LogP contribution in [-0.2, 0) is 20.0 Å². The third-order valence-corrected chi connectivity index (χ3v) is 7.66. The lowest BCUT2D eigenvalue weighted by atomic mass is 9.85. The molecule has 10 heteroatoms. The van der Waals surface area contributed by atoms with Gasteiger partial charge in [-0.1, -0.05) is 56.3 Å². The van der Waals surface area contributed by atoms with Gasteiger partial charge in [0.25, 0.3) is 0 Å². The van der Waals surface area contributed by atoms with Crippen LogP contribution in [0.3, 0.4) is 0 Å². The van der Waals surface area contributed by atoms with E-state index in [0.717, 1.165) is 30.5 Å². The van der Waals surface area contributed by atoms with E-state index in [4.69, 9.17) is 0 Å². The number of alkyl halides is 3. The van der Waals surface area contributed by atoms with Gasteiger partial charge in [-0.25, -0.2) is 16.8 Å². The molecule has 0 radical (unpaired) electrons. The number of hydrogen-bond donors (Lipinski definition) is 0.